The number of nitrogens with zero attached hydrogens (tertiary/aromatic N) is 3. The van der Waals surface area contributed by atoms with Gasteiger partial charge in [-0.05, 0) is 79.6 Å². The number of pyridine rings is 1. The van der Waals surface area contributed by atoms with Crippen LogP contribution in [0.3, 0.4) is 0 Å². The number of carbonyl (C=O) groups excluding carboxylic acids is 1. The smallest absolute Gasteiger partial charge is 0.319 e. The zero-order valence-corrected chi connectivity index (χ0v) is 20.3. The number of hydrogen-bond acceptors (Lipinski definition) is 4. The van der Waals surface area contributed by atoms with Crippen LogP contribution in [0.25, 0.3) is 5.70 Å². The molecule has 6 heteroatoms. The number of nitrogens with one attached hydrogen (secondary N) is 2. The fraction of sp³-hybridized carbons (Fsp3) is 0.276. The van der Waals surface area contributed by atoms with Gasteiger partial charge in [-0.15, -0.1) is 0 Å². The lowest BCUT2D eigenvalue weighted by atomic mass is 9.88. The number of urea groups is 1. The molecule has 1 aliphatic heterocycles. The van der Waals surface area contributed by atoms with Gasteiger partial charge in [-0.25, -0.2) is 4.79 Å². The molecule has 35 heavy (non-hydrogen) atoms. The molecule has 178 valence electrons. The Bertz CT molecular complexity index is 1220. The number of aromatic nitrogens is 1. The third kappa shape index (κ3) is 5.88. The number of aryl methyl sites for hydroxylation is 1. The minimum absolute atomic E-state index is 0.202. The van der Waals surface area contributed by atoms with Gasteiger partial charge < -0.3 is 15.5 Å². The Balaban J connectivity index is 1.36. The van der Waals surface area contributed by atoms with Crippen LogP contribution in [-0.2, 0) is 0 Å². The quantitative estimate of drug-likeness (QED) is 0.468. The molecule has 1 saturated heterocycles. The van der Waals surface area contributed by atoms with Gasteiger partial charge in [0.15, 0.2) is 0 Å². The first-order chi connectivity index (χ1) is 16.9. The highest BCUT2D eigenvalue weighted by atomic mass is 16.2. The topological polar surface area (TPSA) is 81.1 Å². The molecule has 1 atom stereocenters. The Morgan fingerprint density at radius 2 is 1.89 bits per heavy atom. The summed E-state index contributed by atoms with van der Waals surface area (Å²) in [5.41, 5.74) is 6.52. The summed E-state index contributed by atoms with van der Waals surface area (Å²) in [6.07, 6.45) is 3.79. The SMILES string of the molecule is C=C(c1ccc(C)c(NC(=O)NC(C)c2ccccn2)c1)N1CCC(c2ccc(C#N)cc2)CC1. The highest BCUT2D eigenvalue weighted by Crippen LogP contribution is 2.32. The van der Waals surface area contributed by atoms with Gasteiger partial charge in [0.1, 0.15) is 0 Å². The Labute approximate surface area is 207 Å². The average molecular weight is 466 g/mol. The molecule has 2 heterocycles. The largest absolute Gasteiger partial charge is 0.371 e. The van der Waals surface area contributed by atoms with Crippen molar-refractivity contribution in [2.24, 2.45) is 0 Å². The lowest BCUT2D eigenvalue weighted by molar-refractivity contribution is 0.249. The van der Waals surface area contributed by atoms with E-state index in [2.05, 4.69) is 51.4 Å². The van der Waals surface area contributed by atoms with E-state index >= 15 is 0 Å². The van der Waals surface area contributed by atoms with Gasteiger partial charge in [0.2, 0.25) is 0 Å². The molecule has 2 amide bonds. The van der Waals surface area contributed by atoms with Crippen molar-refractivity contribution in [3.63, 3.8) is 0 Å². The number of anilines is 1. The second-order valence-electron chi connectivity index (χ2n) is 9.05. The predicted octanol–water partition coefficient (Wildman–Crippen LogP) is 5.99. The van der Waals surface area contributed by atoms with Crippen molar-refractivity contribution >= 4 is 17.4 Å². The van der Waals surface area contributed by atoms with E-state index in [0.717, 1.165) is 54.1 Å². The van der Waals surface area contributed by atoms with Crippen LogP contribution < -0.4 is 10.6 Å². The summed E-state index contributed by atoms with van der Waals surface area (Å²) in [5, 5.41) is 15.0. The van der Waals surface area contributed by atoms with E-state index in [1.807, 2.05) is 56.3 Å². The number of rotatable bonds is 6. The van der Waals surface area contributed by atoms with Crippen molar-refractivity contribution in [1.29, 1.82) is 5.26 Å². The number of carbonyl (C=O) groups is 1. The van der Waals surface area contributed by atoms with Gasteiger partial charge in [0, 0.05) is 30.7 Å². The van der Waals surface area contributed by atoms with Crippen LogP contribution in [0.4, 0.5) is 10.5 Å². The molecule has 2 aromatic carbocycles. The van der Waals surface area contributed by atoms with Crippen molar-refractivity contribution in [2.45, 2.75) is 38.6 Å². The van der Waals surface area contributed by atoms with E-state index in [1.54, 1.807) is 6.20 Å². The molecule has 1 unspecified atom stereocenters. The summed E-state index contributed by atoms with van der Waals surface area (Å²) in [5.74, 6) is 0.492. The van der Waals surface area contributed by atoms with Gasteiger partial charge >= 0.3 is 6.03 Å². The standard InChI is InChI=1S/C29H31N5O/c1-20-7-10-26(18-28(20)33-29(35)32-21(2)27-6-4-5-15-31-27)22(3)34-16-13-25(14-17-34)24-11-8-23(19-30)9-12-24/h4-12,15,18,21,25H,3,13-14,16-17H2,1-2H3,(H2,32,33,35). The molecule has 0 bridgehead atoms. The van der Waals surface area contributed by atoms with Crippen LogP contribution in [0.5, 0.6) is 0 Å². The Kier molecular flexibility index (Phi) is 7.47. The lowest BCUT2D eigenvalue weighted by Gasteiger charge is -2.35. The molecule has 0 aliphatic carbocycles. The second-order valence-corrected chi connectivity index (χ2v) is 9.05. The maximum Gasteiger partial charge on any atom is 0.319 e. The molecular weight excluding hydrogens is 434 g/mol. The van der Waals surface area contributed by atoms with E-state index in [-0.39, 0.29) is 12.1 Å². The fourth-order valence-corrected chi connectivity index (χ4v) is 4.49. The number of amides is 2. The van der Waals surface area contributed by atoms with Crippen LogP contribution >= 0.6 is 0 Å². The molecule has 0 saturated carbocycles. The number of nitriles is 1. The molecule has 3 aromatic rings. The van der Waals surface area contributed by atoms with Crippen molar-refractivity contribution in [1.82, 2.24) is 15.2 Å². The van der Waals surface area contributed by atoms with Crippen LogP contribution in [0.2, 0.25) is 0 Å². The van der Waals surface area contributed by atoms with E-state index in [4.69, 9.17) is 5.26 Å². The van der Waals surface area contributed by atoms with Gasteiger partial charge in [0.05, 0.1) is 23.4 Å². The highest BCUT2D eigenvalue weighted by molar-refractivity contribution is 5.91. The summed E-state index contributed by atoms with van der Waals surface area (Å²) >= 11 is 0. The maximum absolute atomic E-state index is 12.6. The molecule has 2 N–H and O–H groups in total. The zero-order valence-electron chi connectivity index (χ0n) is 20.3. The monoisotopic (exact) mass is 465 g/mol. The number of hydrogen-bond donors (Lipinski definition) is 2. The summed E-state index contributed by atoms with van der Waals surface area (Å²) in [7, 11) is 0. The second kappa shape index (κ2) is 10.9. The van der Waals surface area contributed by atoms with Crippen molar-refractivity contribution in [3.05, 3.63) is 101 Å². The average Bonchev–Trinajstić information content (AvgIpc) is 2.90. The zero-order chi connectivity index (χ0) is 24.8. The number of piperidine rings is 1. The molecule has 1 aromatic heterocycles. The normalized spacial score (nSPS) is 14.6. The molecule has 1 aliphatic rings. The van der Waals surface area contributed by atoms with E-state index in [0.29, 0.717) is 11.5 Å². The summed E-state index contributed by atoms with van der Waals surface area (Å²) in [4.78, 5) is 19.3. The molecule has 6 nitrogen and oxygen atoms in total. The van der Waals surface area contributed by atoms with Crippen LogP contribution in [0.1, 0.15) is 59.7 Å². The Morgan fingerprint density at radius 1 is 1.14 bits per heavy atom. The molecule has 0 radical (unpaired) electrons. The van der Waals surface area contributed by atoms with Crippen LogP contribution in [0, 0.1) is 18.3 Å². The van der Waals surface area contributed by atoms with Crippen LogP contribution in [-0.4, -0.2) is 29.0 Å². The van der Waals surface area contributed by atoms with Crippen molar-refractivity contribution < 1.29 is 4.79 Å². The number of likely N-dealkylation sites (tertiary alicyclic amines) is 1. The lowest BCUT2D eigenvalue weighted by Crippen LogP contribution is -2.32. The van der Waals surface area contributed by atoms with Gasteiger partial charge in [0.25, 0.3) is 0 Å². The fourth-order valence-electron chi connectivity index (χ4n) is 4.49. The van der Waals surface area contributed by atoms with E-state index in [1.165, 1.54) is 5.56 Å². The maximum atomic E-state index is 12.6. The van der Waals surface area contributed by atoms with E-state index < -0.39 is 0 Å². The van der Waals surface area contributed by atoms with Gasteiger partial charge in [-0.1, -0.05) is 36.9 Å². The molecule has 4 rings (SSSR count). The molecular formula is C29H31N5O. The third-order valence-electron chi connectivity index (χ3n) is 6.69. The minimum Gasteiger partial charge on any atom is -0.371 e. The third-order valence-corrected chi connectivity index (χ3v) is 6.69. The summed E-state index contributed by atoms with van der Waals surface area (Å²) in [6, 6.07) is 21.4. The van der Waals surface area contributed by atoms with Gasteiger partial charge in [-0.3, -0.25) is 4.98 Å². The molecule has 0 spiro atoms. The highest BCUT2D eigenvalue weighted by Gasteiger charge is 2.22. The molecule has 1 fully saturated rings. The van der Waals surface area contributed by atoms with Crippen LogP contribution in [0.15, 0.2) is 73.4 Å². The first-order valence-corrected chi connectivity index (χ1v) is 12.0. The Morgan fingerprint density at radius 3 is 2.54 bits per heavy atom. The summed E-state index contributed by atoms with van der Waals surface area (Å²) in [6.45, 7) is 10.1. The van der Waals surface area contributed by atoms with Crippen molar-refractivity contribution in [2.75, 3.05) is 18.4 Å². The Hall–Kier alpha value is -4.11. The summed E-state index contributed by atoms with van der Waals surface area (Å²) < 4.78 is 0. The van der Waals surface area contributed by atoms with Crippen molar-refractivity contribution in [3.8, 4) is 6.07 Å². The first-order valence-electron chi connectivity index (χ1n) is 12.0. The minimum atomic E-state index is -0.266. The number of benzene rings is 2. The van der Waals surface area contributed by atoms with Gasteiger partial charge in [-0.2, -0.15) is 5.26 Å². The predicted molar refractivity (Wildman–Crippen MR) is 140 cm³/mol. The van der Waals surface area contributed by atoms with E-state index in [9.17, 15) is 4.79 Å². The first kappa shape index (κ1) is 24.0.